The number of hydrogen-bond donors (Lipinski definition) is 1. The lowest BCUT2D eigenvalue weighted by molar-refractivity contribution is -0.124. The Labute approximate surface area is 93.2 Å². The lowest BCUT2D eigenvalue weighted by atomic mass is 9.92. The van der Waals surface area contributed by atoms with Gasteiger partial charge in [-0.2, -0.15) is 0 Å². The number of ketones is 1. The molecule has 2 unspecified atom stereocenters. The summed E-state index contributed by atoms with van der Waals surface area (Å²) in [6, 6.07) is 0.0569. The fourth-order valence-corrected chi connectivity index (χ4v) is 2.33. The topological polar surface area (TPSA) is 32.3 Å². The first-order valence-corrected chi connectivity index (χ1v) is 5.94. The molecule has 0 radical (unpaired) electrons. The van der Waals surface area contributed by atoms with Gasteiger partial charge in [0.25, 0.3) is 0 Å². The first-order valence-electron chi connectivity index (χ1n) is 5.94. The van der Waals surface area contributed by atoms with Gasteiger partial charge in [0.15, 0.2) is 5.78 Å². The van der Waals surface area contributed by atoms with Crippen LogP contribution in [0.2, 0.25) is 0 Å². The minimum absolute atomic E-state index is 0.0569. The number of Topliss-reactive ketones (excluding diaryl/α,β-unsaturated/α-hetero) is 1. The van der Waals surface area contributed by atoms with E-state index < -0.39 is 0 Å². The monoisotopic (exact) mass is 212 g/mol. The average molecular weight is 212 g/mol. The van der Waals surface area contributed by atoms with Crippen molar-refractivity contribution in [3.63, 3.8) is 0 Å². The van der Waals surface area contributed by atoms with Crippen LogP contribution in [0.15, 0.2) is 0 Å². The average Bonchev–Trinajstić information content (AvgIpc) is 2.59. The fraction of sp³-hybridized carbons (Fsp3) is 0.917. The van der Waals surface area contributed by atoms with Crippen molar-refractivity contribution in [1.82, 2.24) is 10.2 Å². The first-order chi connectivity index (χ1) is 7.04. The lowest BCUT2D eigenvalue weighted by Gasteiger charge is -2.20. The van der Waals surface area contributed by atoms with Crippen molar-refractivity contribution in [3.05, 3.63) is 0 Å². The Morgan fingerprint density at radius 1 is 1.53 bits per heavy atom. The minimum Gasteiger partial charge on any atom is -0.311 e. The van der Waals surface area contributed by atoms with Crippen molar-refractivity contribution in [2.24, 2.45) is 11.8 Å². The number of nitrogens with zero attached hydrogens (tertiary/aromatic N) is 1. The summed E-state index contributed by atoms with van der Waals surface area (Å²) in [6.45, 7) is 6.28. The standard InChI is InChI=1S/C12H24N2O/c1-9(2)12(15)11(13-3)7-10-5-6-14(4)8-10/h9-11,13H,5-8H2,1-4H3. The third-order valence-corrected chi connectivity index (χ3v) is 3.32. The maximum absolute atomic E-state index is 11.9. The molecular formula is C12H24N2O. The van der Waals surface area contributed by atoms with Gasteiger partial charge in [-0.3, -0.25) is 4.79 Å². The Kier molecular flexibility index (Phi) is 4.74. The quantitative estimate of drug-likeness (QED) is 0.742. The van der Waals surface area contributed by atoms with Crippen LogP contribution >= 0.6 is 0 Å². The van der Waals surface area contributed by atoms with Gasteiger partial charge in [0.2, 0.25) is 0 Å². The second-order valence-electron chi connectivity index (χ2n) is 5.05. The van der Waals surface area contributed by atoms with Crippen LogP contribution in [0.1, 0.15) is 26.7 Å². The normalized spacial score (nSPS) is 24.7. The van der Waals surface area contributed by atoms with Crippen molar-refractivity contribution in [3.8, 4) is 0 Å². The van der Waals surface area contributed by atoms with Gasteiger partial charge in [-0.15, -0.1) is 0 Å². The van der Waals surface area contributed by atoms with Gasteiger partial charge >= 0.3 is 0 Å². The molecule has 1 saturated heterocycles. The maximum atomic E-state index is 11.9. The highest BCUT2D eigenvalue weighted by atomic mass is 16.1. The predicted octanol–water partition coefficient (Wildman–Crippen LogP) is 1.14. The number of hydrogen-bond acceptors (Lipinski definition) is 3. The predicted molar refractivity (Wildman–Crippen MR) is 62.9 cm³/mol. The van der Waals surface area contributed by atoms with Gasteiger partial charge < -0.3 is 10.2 Å². The van der Waals surface area contributed by atoms with Crippen molar-refractivity contribution >= 4 is 5.78 Å². The Balaban J connectivity index is 2.43. The molecule has 3 heteroatoms. The van der Waals surface area contributed by atoms with E-state index in [0.717, 1.165) is 13.0 Å². The molecule has 0 saturated carbocycles. The van der Waals surface area contributed by atoms with Gasteiger partial charge in [-0.1, -0.05) is 13.8 Å². The maximum Gasteiger partial charge on any atom is 0.152 e. The Morgan fingerprint density at radius 2 is 2.20 bits per heavy atom. The van der Waals surface area contributed by atoms with Crippen LogP contribution in [0.4, 0.5) is 0 Å². The number of carbonyl (C=O) groups is 1. The molecule has 0 spiro atoms. The van der Waals surface area contributed by atoms with Crippen molar-refractivity contribution in [1.29, 1.82) is 0 Å². The second kappa shape index (κ2) is 5.61. The van der Waals surface area contributed by atoms with E-state index in [1.807, 2.05) is 20.9 Å². The third kappa shape index (κ3) is 3.58. The molecule has 1 aliphatic heterocycles. The summed E-state index contributed by atoms with van der Waals surface area (Å²) in [4.78, 5) is 14.2. The molecule has 1 fully saturated rings. The summed E-state index contributed by atoms with van der Waals surface area (Å²) in [7, 11) is 4.04. The molecule has 0 aliphatic carbocycles. The van der Waals surface area contributed by atoms with E-state index in [4.69, 9.17) is 0 Å². The molecule has 1 N–H and O–H groups in total. The zero-order valence-electron chi connectivity index (χ0n) is 10.4. The first kappa shape index (κ1) is 12.7. The molecule has 0 amide bonds. The zero-order valence-corrected chi connectivity index (χ0v) is 10.4. The molecule has 88 valence electrons. The Morgan fingerprint density at radius 3 is 2.60 bits per heavy atom. The van der Waals surface area contributed by atoms with Gasteiger partial charge in [0.05, 0.1) is 6.04 Å². The van der Waals surface area contributed by atoms with E-state index >= 15 is 0 Å². The molecule has 0 aromatic heterocycles. The molecule has 2 atom stereocenters. The number of carbonyl (C=O) groups excluding carboxylic acids is 1. The number of likely N-dealkylation sites (tertiary alicyclic amines) is 1. The van der Waals surface area contributed by atoms with Crippen LogP contribution < -0.4 is 5.32 Å². The van der Waals surface area contributed by atoms with Gasteiger partial charge in [0, 0.05) is 12.5 Å². The van der Waals surface area contributed by atoms with E-state index in [2.05, 4.69) is 17.3 Å². The summed E-state index contributed by atoms with van der Waals surface area (Å²) in [5, 5.41) is 3.16. The summed E-state index contributed by atoms with van der Waals surface area (Å²) < 4.78 is 0. The van der Waals surface area contributed by atoms with Gasteiger partial charge in [-0.25, -0.2) is 0 Å². The lowest BCUT2D eigenvalue weighted by Crippen LogP contribution is -2.38. The molecule has 0 aromatic rings. The van der Waals surface area contributed by atoms with E-state index in [0.29, 0.717) is 11.7 Å². The molecule has 1 heterocycles. The highest BCUT2D eigenvalue weighted by Gasteiger charge is 2.26. The van der Waals surface area contributed by atoms with E-state index in [1.54, 1.807) is 0 Å². The van der Waals surface area contributed by atoms with E-state index in [1.165, 1.54) is 13.0 Å². The summed E-state index contributed by atoms with van der Waals surface area (Å²) in [6.07, 6.45) is 2.23. The number of nitrogens with one attached hydrogen (secondary N) is 1. The van der Waals surface area contributed by atoms with Crippen LogP contribution in [0, 0.1) is 11.8 Å². The molecule has 15 heavy (non-hydrogen) atoms. The molecule has 0 bridgehead atoms. The third-order valence-electron chi connectivity index (χ3n) is 3.32. The molecule has 3 nitrogen and oxygen atoms in total. The van der Waals surface area contributed by atoms with Crippen molar-refractivity contribution in [2.45, 2.75) is 32.7 Å². The smallest absolute Gasteiger partial charge is 0.152 e. The highest BCUT2D eigenvalue weighted by Crippen LogP contribution is 2.20. The van der Waals surface area contributed by atoms with Crippen LogP contribution in [0.25, 0.3) is 0 Å². The van der Waals surface area contributed by atoms with Crippen LogP contribution in [-0.2, 0) is 4.79 Å². The van der Waals surface area contributed by atoms with Crippen LogP contribution in [0.3, 0.4) is 0 Å². The zero-order chi connectivity index (χ0) is 11.4. The SMILES string of the molecule is CNC(CC1CCN(C)C1)C(=O)C(C)C. The van der Waals surface area contributed by atoms with Crippen molar-refractivity contribution in [2.75, 3.05) is 27.2 Å². The Hall–Kier alpha value is -0.410. The van der Waals surface area contributed by atoms with E-state index in [9.17, 15) is 4.79 Å². The van der Waals surface area contributed by atoms with Gasteiger partial charge in [-0.05, 0) is 39.4 Å². The van der Waals surface area contributed by atoms with Gasteiger partial charge in [0.1, 0.15) is 0 Å². The second-order valence-corrected chi connectivity index (χ2v) is 5.05. The fourth-order valence-electron chi connectivity index (χ4n) is 2.33. The number of rotatable bonds is 5. The summed E-state index contributed by atoms with van der Waals surface area (Å²) >= 11 is 0. The Bertz CT molecular complexity index is 216. The molecule has 1 aliphatic rings. The molecule has 0 aromatic carbocycles. The highest BCUT2D eigenvalue weighted by molar-refractivity contribution is 5.85. The number of likely N-dealkylation sites (N-methyl/N-ethyl adjacent to an activating group) is 1. The molecule has 1 rings (SSSR count). The van der Waals surface area contributed by atoms with Crippen LogP contribution in [-0.4, -0.2) is 43.9 Å². The summed E-state index contributed by atoms with van der Waals surface area (Å²) in [5.74, 6) is 1.18. The minimum atomic E-state index is 0.0569. The largest absolute Gasteiger partial charge is 0.311 e. The van der Waals surface area contributed by atoms with Crippen LogP contribution in [0.5, 0.6) is 0 Å². The summed E-state index contributed by atoms with van der Waals surface area (Å²) in [5.41, 5.74) is 0. The van der Waals surface area contributed by atoms with Crippen molar-refractivity contribution < 1.29 is 4.79 Å². The van der Waals surface area contributed by atoms with E-state index in [-0.39, 0.29) is 12.0 Å². The molecular weight excluding hydrogens is 188 g/mol.